The molecule has 0 radical (unpaired) electrons. The van der Waals surface area contributed by atoms with Crippen molar-refractivity contribution in [2.24, 2.45) is 0 Å². The van der Waals surface area contributed by atoms with Gasteiger partial charge in [0.1, 0.15) is 6.42 Å². The Morgan fingerprint density at radius 3 is 2.64 bits per heavy atom. The molecule has 2 N–H and O–H groups in total. The quantitative estimate of drug-likeness (QED) is 0.451. The molecule has 0 aliphatic rings. The molecule has 0 spiro atoms. The molecule has 0 aromatic heterocycles. The van der Waals surface area contributed by atoms with Crippen LogP contribution in [-0.2, 0) is 9.59 Å². The fourth-order valence-corrected chi connectivity index (χ4v) is 0.501. The van der Waals surface area contributed by atoms with Crippen LogP contribution in [0.5, 0.6) is 0 Å². The Kier molecular flexibility index (Phi) is 3.95. The van der Waals surface area contributed by atoms with Gasteiger partial charge in [-0.15, -0.1) is 6.58 Å². The van der Waals surface area contributed by atoms with Gasteiger partial charge in [-0.25, -0.2) is 0 Å². The first-order chi connectivity index (χ1) is 5.06. The highest BCUT2D eigenvalue weighted by atomic mass is 16.4. The number of hydrogen-bond donors (Lipinski definition) is 2. The number of carboxylic acid groups (broad SMARTS) is 1. The van der Waals surface area contributed by atoms with Crippen LogP contribution in [0.3, 0.4) is 0 Å². The second-order valence-electron chi connectivity index (χ2n) is 2.16. The van der Waals surface area contributed by atoms with Crippen molar-refractivity contribution in [2.75, 3.05) is 0 Å². The van der Waals surface area contributed by atoms with Crippen LogP contribution in [0.25, 0.3) is 0 Å². The molecule has 0 saturated heterocycles. The molecule has 62 valence electrons. The zero-order chi connectivity index (χ0) is 8.85. The summed E-state index contributed by atoms with van der Waals surface area (Å²) in [7, 11) is 0. The van der Waals surface area contributed by atoms with Crippen molar-refractivity contribution in [1.29, 1.82) is 0 Å². The summed E-state index contributed by atoms with van der Waals surface area (Å²) in [6, 6.07) is -0.179. The number of carboxylic acids is 1. The number of carbonyl (C=O) groups excluding carboxylic acids is 1. The topological polar surface area (TPSA) is 66.4 Å². The third-order valence-electron chi connectivity index (χ3n) is 1.05. The molecular weight excluding hydrogens is 146 g/mol. The van der Waals surface area contributed by atoms with E-state index in [0.29, 0.717) is 0 Å². The molecule has 0 bridgehead atoms. The van der Waals surface area contributed by atoms with E-state index in [1.165, 1.54) is 6.08 Å². The first-order valence-electron chi connectivity index (χ1n) is 3.20. The first kappa shape index (κ1) is 9.68. The molecule has 0 aromatic rings. The zero-order valence-corrected chi connectivity index (χ0v) is 6.33. The van der Waals surface area contributed by atoms with E-state index in [-0.39, 0.29) is 6.04 Å². The van der Waals surface area contributed by atoms with E-state index in [1.807, 2.05) is 0 Å². The Balaban J connectivity index is 3.69. The normalized spacial score (nSPS) is 11.7. The standard InChI is InChI=1S/C7H11NO3/c1-3-5(2)8-6(9)4-7(10)11/h3,5H,1,4H2,2H3,(H,8,9)(H,10,11). The van der Waals surface area contributed by atoms with E-state index in [4.69, 9.17) is 5.11 Å². The summed E-state index contributed by atoms with van der Waals surface area (Å²) >= 11 is 0. The SMILES string of the molecule is C=CC(C)NC(=O)CC(=O)O. The summed E-state index contributed by atoms with van der Waals surface area (Å²) in [5.41, 5.74) is 0. The van der Waals surface area contributed by atoms with E-state index >= 15 is 0 Å². The average Bonchev–Trinajstić information content (AvgIpc) is 1.85. The highest BCUT2D eigenvalue weighted by Gasteiger charge is 2.07. The fraction of sp³-hybridized carbons (Fsp3) is 0.429. The van der Waals surface area contributed by atoms with Crippen molar-refractivity contribution >= 4 is 11.9 Å². The Morgan fingerprint density at radius 2 is 2.27 bits per heavy atom. The number of aliphatic carboxylic acids is 1. The first-order valence-corrected chi connectivity index (χ1v) is 3.20. The smallest absolute Gasteiger partial charge is 0.312 e. The number of amides is 1. The zero-order valence-electron chi connectivity index (χ0n) is 6.33. The van der Waals surface area contributed by atoms with Crippen molar-refractivity contribution in [3.05, 3.63) is 12.7 Å². The Morgan fingerprint density at radius 1 is 1.73 bits per heavy atom. The Labute approximate surface area is 64.9 Å². The van der Waals surface area contributed by atoms with Crippen LogP contribution in [0.1, 0.15) is 13.3 Å². The highest BCUT2D eigenvalue weighted by Crippen LogP contribution is 1.85. The van der Waals surface area contributed by atoms with Gasteiger partial charge in [-0.1, -0.05) is 6.08 Å². The van der Waals surface area contributed by atoms with Crippen molar-refractivity contribution in [1.82, 2.24) is 5.32 Å². The monoisotopic (exact) mass is 157 g/mol. The van der Waals surface area contributed by atoms with Crippen LogP contribution in [0.4, 0.5) is 0 Å². The predicted molar refractivity (Wildman–Crippen MR) is 40.1 cm³/mol. The summed E-state index contributed by atoms with van der Waals surface area (Å²) in [5, 5.41) is 10.6. The van der Waals surface area contributed by atoms with Crippen LogP contribution < -0.4 is 5.32 Å². The molecule has 4 heteroatoms. The number of rotatable bonds is 4. The largest absolute Gasteiger partial charge is 0.481 e. The van der Waals surface area contributed by atoms with E-state index in [9.17, 15) is 9.59 Å². The van der Waals surface area contributed by atoms with Crippen molar-refractivity contribution in [3.8, 4) is 0 Å². The van der Waals surface area contributed by atoms with Crippen LogP contribution in [0, 0.1) is 0 Å². The van der Waals surface area contributed by atoms with Gasteiger partial charge in [0.05, 0.1) is 0 Å². The Bertz CT molecular complexity index is 177. The molecular formula is C7H11NO3. The second kappa shape index (κ2) is 4.49. The van der Waals surface area contributed by atoms with E-state index < -0.39 is 18.3 Å². The maximum atomic E-state index is 10.7. The van der Waals surface area contributed by atoms with Crippen molar-refractivity contribution in [2.45, 2.75) is 19.4 Å². The van der Waals surface area contributed by atoms with Crippen molar-refractivity contribution in [3.63, 3.8) is 0 Å². The average molecular weight is 157 g/mol. The van der Waals surface area contributed by atoms with Crippen LogP contribution in [-0.4, -0.2) is 23.0 Å². The van der Waals surface area contributed by atoms with Gasteiger partial charge in [-0.2, -0.15) is 0 Å². The predicted octanol–water partition coefficient (Wildman–Crippen LogP) is 0.152. The third kappa shape index (κ3) is 5.14. The van der Waals surface area contributed by atoms with Gasteiger partial charge in [0, 0.05) is 6.04 Å². The minimum atomic E-state index is -1.13. The molecule has 0 saturated carbocycles. The fourth-order valence-electron chi connectivity index (χ4n) is 0.501. The molecule has 0 aliphatic carbocycles. The second-order valence-corrected chi connectivity index (χ2v) is 2.16. The molecule has 0 fully saturated rings. The van der Waals surface area contributed by atoms with E-state index in [1.54, 1.807) is 6.92 Å². The van der Waals surface area contributed by atoms with Gasteiger partial charge in [0.25, 0.3) is 0 Å². The number of hydrogen-bond acceptors (Lipinski definition) is 2. The van der Waals surface area contributed by atoms with Gasteiger partial charge in [-0.3, -0.25) is 9.59 Å². The van der Waals surface area contributed by atoms with Crippen LogP contribution >= 0.6 is 0 Å². The van der Waals surface area contributed by atoms with Crippen LogP contribution in [0.2, 0.25) is 0 Å². The summed E-state index contributed by atoms with van der Waals surface area (Å²) in [6.45, 7) is 5.15. The molecule has 0 aliphatic heterocycles. The molecule has 0 heterocycles. The van der Waals surface area contributed by atoms with E-state index in [0.717, 1.165) is 0 Å². The highest BCUT2D eigenvalue weighted by molar-refractivity contribution is 5.93. The number of carbonyl (C=O) groups is 2. The number of nitrogens with one attached hydrogen (secondary N) is 1. The summed E-state index contributed by atoms with van der Waals surface area (Å²) in [5.74, 6) is -1.62. The summed E-state index contributed by atoms with van der Waals surface area (Å²) in [4.78, 5) is 20.7. The summed E-state index contributed by atoms with van der Waals surface area (Å²) < 4.78 is 0. The lowest BCUT2D eigenvalue weighted by Gasteiger charge is -2.06. The Hall–Kier alpha value is -1.32. The summed E-state index contributed by atoms with van der Waals surface area (Å²) in [6.07, 6.45) is 1.04. The van der Waals surface area contributed by atoms with Gasteiger partial charge in [0.2, 0.25) is 5.91 Å². The molecule has 1 amide bonds. The lowest BCUT2D eigenvalue weighted by molar-refractivity contribution is -0.140. The molecule has 4 nitrogen and oxygen atoms in total. The molecule has 11 heavy (non-hydrogen) atoms. The van der Waals surface area contributed by atoms with Crippen LogP contribution in [0.15, 0.2) is 12.7 Å². The minimum Gasteiger partial charge on any atom is -0.481 e. The maximum absolute atomic E-state index is 10.7. The molecule has 0 rings (SSSR count). The van der Waals surface area contributed by atoms with E-state index in [2.05, 4.69) is 11.9 Å². The minimum absolute atomic E-state index is 0.179. The van der Waals surface area contributed by atoms with Crippen molar-refractivity contribution < 1.29 is 14.7 Å². The van der Waals surface area contributed by atoms with Gasteiger partial charge in [-0.05, 0) is 6.92 Å². The maximum Gasteiger partial charge on any atom is 0.312 e. The molecule has 0 aromatic carbocycles. The molecule has 1 atom stereocenters. The lowest BCUT2D eigenvalue weighted by Crippen LogP contribution is -2.32. The van der Waals surface area contributed by atoms with Gasteiger partial charge in [0.15, 0.2) is 0 Å². The van der Waals surface area contributed by atoms with Gasteiger partial charge >= 0.3 is 5.97 Å². The lowest BCUT2D eigenvalue weighted by atomic mass is 10.3. The third-order valence-corrected chi connectivity index (χ3v) is 1.05. The molecule has 1 unspecified atom stereocenters. The van der Waals surface area contributed by atoms with Gasteiger partial charge < -0.3 is 10.4 Å².